The van der Waals surface area contributed by atoms with Crippen LogP contribution in [-0.2, 0) is 6.61 Å². The molecule has 2 heterocycles. The molecule has 2 aromatic heterocycles. The van der Waals surface area contributed by atoms with Gasteiger partial charge in [0.15, 0.2) is 23.0 Å². The molecule has 1 aliphatic carbocycles. The predicted octanol–water partition coefficient (Wildman–Crippen LogP) is 4.78. The highest BCUT2D eigenvalue weighted by molar-refractivity contribution is 5.95. The molecule has 1 amide bonds. The highest BCUT2D eigenvalue weighted by Gasteiger charge is 2.34. The normalized spacial score (nSPS) is 14.1. The van der Waals surface area contributed by atoms with E-state index in [1.807, 2.05) is 0 Å². The van der Waals surface area contributed by atoms with Gasteiger partial charge in [-0.3, -0.25) is 9.20 Å². The molecular weight excluding hydrogens is 476 g/mol. The van der Waals surface area contributed by atoms with Gasteiger partial charge in [0, 0.05) is 18.7 Å². The Morgan fingerprint density at radius 3 is 2.47 bits per heavy atom. The minimum absolute atomic E-state index is 0.0468. The fourth-order valence-corrected chi connectivity index (χ4v) is 4.09. The van der Waals surface area contributed by atoms with E-state index >= 15 is 0 Å². The van der Waals surface area contributed by atoms with Crippen LogP contribution >= 0.6 is 0 Å². The number of ether oxygens (including phenoxy) is 1. The van der Waals surface area contributed by atoms with Gasteiger partial charge in [0.1, 0.15) is 23.9 Å². The van der Waals surface area contributed by atoms with Crippen LogP contribution in [0.15, 0.2) is 54.7 Å². The van der Waals surface area contributed by atoms with E-state index in [2.05, 4.69) is 10.3 Å². The monoisotopic (exact) mass is 498 g/mol. The van der Waals surface area contributed by atoms with Crippen molar-refractivity contribution in [2.75, 3.05) is 6.54 Å². The summed E-state index contributed by atoms with van der Waals surface area (Å²) >= 11 is 0. The zero-order chi connectivity index (χ0) is 25.4. The Morgan fingerprint density at radius 1 is 1.06 bits per heavy atom. The lowest BCUT2D eigenvalue weighted by molar-refractivity contribution is 0.0930. The third-order valence-electron chi connectivity index (χ3n) is 6.14. The fraction of sp³-hybridized carbons (Fsp3) is 0.231. The minimum Gasteiger partial charge on any atom is -0.485 e. The number of aromatic nitrogens is 2. The number of pyridine rings is 1. The molecule has 1 atom stereocenters. The van der Waals surface area contributed by atoms with Gasteiger partial charge in [-0.05, 0) is 54.8 Å². The molecule has 4 aromatic rings. The number of rotatable bonds is 8. The Kier molecular flexibility index (Phi) is 6.36. The van der Waals surface area contributed by atoms with E-state index in [9.17, 15) is 22.4 Å². The summed E-state index contributed by atoms with van der Waals surface area (Å²) in [6.07, 6.45) is 3.34. The van der Waals surface area contributed by atoms with E-state index in [-0.39, 0.29) is 36.1 Å². The van der Waals surface area contributed by atoms with Crippen LogP contribution in [0.3, 0.4) is 0 Å². The van der Waals surface area contributed by atoms with Gasteiger partial charge < -0.3 is 15.8 Å². The first kappa shape index (κ1) is 23.8. The maximum absolute atomic E-state index is 14.0. The van der Waals surface area contributed by atoms with Crippen molar-refractivity contribution in [3.05, 3.63) is 101 Å². The SMILES string of the molecule is NCC(NC(=O)c1c(C2CC2)nc2c(OCc3c(F)cccc3F)cccn12)c1ccc(F)c(F)c1. The van der Waals surface area contributed by atoms with Crippen LogP contribution in [0, 0.1) is 23.3 Å². The summed E-state index contributed by atoms with van der Waals surface area (Å²) in [6, 6.07) is 9.36. The summed E-state index contributed by atoms with van der Waals surface area (Å²) in [5.74, 6) is -3.67. The second-order valence-corrected chi connectivity index (χ2v) is 8.61. The van der Waals surface area contributed by atoms with Gasteiger partial charge in [-0.15, -0.1) is 0 Å². The molecule has 36 heavy (non-hydrogen) atoms. The molecule has 6 nitrogen and oxygen atoms in total. The lowest BCUT2D eigenvalue weighted by atomic mass is 10.1. The average Bonchev–Trinajstić information content (AvgIpc) is 3.63. The van der Waals surface area contributed by atoms with Gasteiger partial charge >= 0.3 is 0 Å². The number of carbonyl (C=O) groups is 1. The Morgan fingerprint density at radius 2 is 1.81 bits per heavy atom. The summed E-state index contributed by atoms with van der Waals surface area (Å²) in [5.41, 5.74) is 7.06. The smallest absolute Gasteiger partial charge is 0.270 e. The highest BCUT2D eigenvalue weighted by Crippen LogP contribution is 2.42. The summed E-state index contributed by atoms with van der Waals surface area (Å²) in [5, 5.41) is 2.79. The fourth-order valence-electron chi connectivity index (χ4n) is 4.09. The van der Waals surface area contributed by atoms with Gasteiger partial charge in [0.25, 0.3) is 5.91 Å². The van der Waals surface area contributed by atoms with E-state index in [1.165, 1.54) is 12.1 Å². The number of benzene rings is 2. The lowest BCUT2D eigenvalue weighted by Gasteiger charge is -2.18. The summed E-state index contributed by atoms with van der Waals surface area (Å²) in [4.78, 5) is 18.0. The highest BCUT2D eigenvalue weighted by atomic mass is 19.2. The standard InChI is InChI=1S/C26H22F4N4O2/c27-17-3-1-4-18(28)16(17)13-36-22-5-2-10-34-24(23(14-6-7-14)33-25(22)34)26(35)32-21(12-31)15-8-9-19(29)20(30)11-15/h1-5,8-11,14,21H,6-7,12-13,31H2,(H,32,35). The van der Waals surface area contributed by atoms with Crippen molar-refractivity contribution < 1.29 is 27.1 Å². The number of hydrogen-bond acceptors (Lipinski definition) is 4. The van der Waals surface area contributed by atoms with Gasteiger partial charge in [-0.25, -0.2) is 22.5 Å². The van der Waals surface area contributed by atoms with Crippen molar-refractivity contribution in [3.63, 3.8) is 0 Å². The van der Waals surface area contributed by atoms with Crippen molar-refractivity contribution in [2.45, 2.75) is 31.4 Å². The quantitative estimate of drug-likeness (QED) is 0.343. The number of nitrogens with two attached hydrogens (primary N) is 1. The lowest BCUT2D eigenvalue weighted by Crippen LogP contribution is -2.34. The number of halogens is 4. The number of carbonyl (C=O) groups excluding carboxylic acids is 1. The summed E-state index contributed by atoms with van der Waals surface area (Å²) in [7, 11) is 0. The van der Waals surface area contributed by atoms with Gasteiger partial charge in [0.05, 0.1) is 17.3 Å². The third-order valence-corrected chi connectivity index (χ3v) is 6.14. The number of amides is 1. The number of imidazole rings is 1. The van der Waals surface area contributed by atoms with E-state index in [1.54, 1.807) is 22.7 Å². The molecular formula is C26H22F4N4O2. The molecule has 0 saturated heterocycles. The summed E-state index contributed by atoms with van der Waals surface area (Å²) in [6.45, 7) is -0.411. The molecule has 10 heteroatoms. The Labute approximate surface area is 203 Å². The molecule has 3 N–H and O–H groups in total. The molecule has 1 fully saturated rings. The van der Waals surface area contributed by atoms with Crippen LogP contribution in [-0.4, -0.2) is 21.8 Å². The second-order valence-electron chi connectivity index (χ2n) is 8.61. The van der Waals surface area contributed by atoms with Gasteiger partial charge in [-0.1, -0.05) is 12.1 Å². The number of fused-ring (bicyclic) bond motifs is 1. The molecule has 0 bridgehead atoms. The first-order chi connectivity index (χ1) is 17.4. The van der Waals surface area contributed by atoms with E-state index in [4.69, 9.17) is 10.5 Å². The molecule has 2 aromatic carbocycles. The second kappa shape index (κ2) is 9.62. The summed E-state index contributed by atoms with van der Waals surface area (Å²) < 4.78 is 62.5. The zero-order valence-corrected chi connectivity index (χ0v) is 19.0. The Hall–Kier alpha value is -3.92. The van der Waals surface area contributed by atoms with Crippen LogP contribution in [0.5, 0.6) is 5.75 Å². The Balaban J connectivity index is 1.47. The predicted molar refractivity (Wildman–Crippen MR) is 123 cm³/mol. The van der Waals surface area contributed by atoms with E-state index in [0.29, 0.717) is 16.9 Å². The van der Waals surface area contributed by atoms with Crippen LogP contribution in [0.1, 0.15) is 52.1 Å². The topological polar surface area (TPSA) is 81.6 Å². The van der Waals surface area contributed by atoms with Crippen molar-refractivity contribution in [3.8, 4) is 5.75 Å². The van der Waals surface area contributed by atoms with Crippen molar-refractivity contribution in [1.29, 1.82) is 0 Å². The largest absolute Gasteiger partial charge is 0.485 e. The zero-order valence-electron chi connectivity index (χ0n) is 19.0. The molecule has 1 aliphatic rings. The molecule has 0 spiro atoms. The van der Waals surface area contributed by atoms with E-state index < -0.39 is 35.2 Å². The van der Waals surface area contributed by atoms with Crippen molar-refractivity contribution in [2.24, 2.45) is 5.73 Å². The van der Waals surface area contributed by atoms with E-state index in [0.717, 1.165) is 37.1 Å². The third kappa shape index (κ3) is 4.51. The number of hydrogen-bond donors (Lipinski definition) is 2. The van der Waals surface area contributed by atoms with Crippen LogP contribution in [0.25, 0.3) is 5.65 Å². The van der Waals surface area contributed by atoms with Crippen LogP contribution in [0.2, 0.25) is 0 Å². The average molecular weight is 498 g/mol. The first-order valence-electron chi connectivity index (χ1n) is 11.4. The molecule has 1 unspecified atom stereocenters. The van der Waals surface area contributed by atoms with Crippen LogP contribution < -0.4 is 15.8 Å². The maximum Gasteiger partial charge on any atom is 0.270 e. The Bertz CT molecular complexity index is 1430. The molecule has 1 saturated carbocycles. The minimum atomic E-state index is -1.04. The molecule has 5 rings (SSSR count). The first-order valence-corrected chi connectivity index (χ1v) is 11.4. The van der Waals surface area contributed by atoms with Gasteiger partial charge in [0.2, 0.25) is 0 Å². The number of nitrogens with one attached hydrogen (secondary N) is 1. The molecule has 0 radical (unpaired) electrons. The number of nitrogens with zero attached hydrogens (tertiary/aromatic N) is 2. The van der Waals surface area contributed by atoms with Crippen LogP contribution in [0.4, 0.5) is 17.6 Å². The van der Waals surface area contributed by atoms with Crippen molar-refractivity contribution >= 4 is 11.6 Å². The maximum atomic E-state index is 14.0. The van der Waals surface area contributed by atoms with Crippen molar-refractivity contribution in [1.82, 2.24) is 14.7 Å². The molecule has 0 aliphatic heterocycles. The van der Waals surface area contributed by atoms with Gasteiger partial charge in [-0.2, -0.15) is 0 Å². The molecule has 186 valence electrons.